The van der Waals surface area contributed by atoms with Crippen molar-refractivity contribution in [2.75, 3.05) is 6.61 Å². The monoisotopic (exact) mass is 249 g/mol. The fourth-order valence-corrected chi connectivity index (χ4v) is 1.82. The highest BCUT2D eigenvalue weighted by Crippen LogP contribution is 2.30. The number of rotatable bonds is 5. The topological polar surface area (TPSA) is 56.5 Å². The van der Waals surface area contributed by atoms with Gasteiger partial charge < -0.3 is 4.74 Å². The zero-order chi connectivity index (χ0) is 13.1. The summed E-state index contributed by atoms with van der Waals surface area (Å²) < 4.78 is 6.65. The summed E-state index contributed by atoms with van der Waals surface area (Å²) in [7, 11) is 0. The summed E-state index contributed by atoms with van der Waals surface area (Å²) in [5.74, 6) is 1.19. The van der Waals surface area contributed by atoms with Gasteiger partial charge in [0, 0.05) is 5.71 Å². The molecule has 5 heteroatoms. The first-order chi connectivity index (χ1) is 8.60. The van der Waals surface area contributed by atoms with Crippen LogP contribution in [0.3, 0.4) is 0 Å². The molecule has 1 fully saturated rings. The summed E-state index contributed by atoms with van der Waals surface area (Å²) in [4.78, 5) is 15.7. The number of imidazole rings is 1. The molecule has 0 atom stereocenters. The van der Waals surface area contributed by atoms with Gasteiger partial charge >= 0.3 is 5.97 Å². The second-order valence-electron chi connectivity index (χ2n) is 4.62. The standard InChI is InChI=1S/C13H19N3O2/c1-4-18-13(17)7-12-8-16(10(3)14-12)15-9(2)11-5-6-11/h8,11H,4-7H2,1-3H3/b15-9+. The Morgan fingerprint density at radius 1 is 1.61 bits per heavy atom. The van der Waals surface area contributed by atoms with Crippen molar-refractivity contribution in [2.45, 2.75) is 40.0 Å². The molecule has 0 spiro atoms. The Labute approximate surface area is 107 Å². The van der Waals surface area contributed by atoms with Crippen molar-refractivity contribution in [2.24, 2.45) is 11.0 Å². The molecule has 1 aromatic rings. The molecule has 1 heterocycles. The third-order valence-electron chi connectivity index (χ3n) is 2.97. The summed E-state index contributed by atoms with van der Waals surface area (Å²) in [6.45, 7) is 6.13. The van der Waals surface area contributed by atoms with E-state index in [1.54, 1.807) is 17.8 Å². The number of nitrogens with zero attached hydrogens (tertiary/aromatic N) is 3. The zero-order valence-corrected chi connectivity index (χ0v) is 11.1. The Hall–Kier alpha value is -1.65. The van der Waals surface area contributed by atoms with E-state index in [-0.39, 0.29) is 12.4 Å². The number of aryl methyl sites for hydroxylation is 1. The highest BCUT2D eigenvalue weighted by atomic mass is 16.5. The van der Waals surface area contributed by atoms with E-state index in [4.69, 9.17) is 4.74 Å². The van der Waals surface area contributed by atoms with Crippen molar-refractivity contribution >= 4 is 11.7 Å². The minimum Gasteiger partial charge on any atom is -0.466 e. The predicted molar refractivity (Wildman–Crippen MR) is 68.5 cm³/mol. The lowest BCUT2D eigenvalue weighted by atomic mass is 10.3. The lowest BCUT2D eigenvalue weighted by Crippen LogP contribution is -2.07. The van der Waals surface area contributed by atoms with Crippen LogP contribution >= 0.6 is 0 Å². The molecular formula is C13H19N3O2. The van der Waals surface area contributed by atoms with E-state index >= 15 is 0 Å². The fourth-order valence-electron chi connectivity index (χ4n) is 1.82. The van der Waals surface area contributed by atoms with Crippen LogP contribution in [0.15, 0.2) is 11.3 Å². The normalized spacial score (nSPS) is 15.8. The van der Waals surface area contributed by atoms with E-state index in [9.17, 15) is 4.79 Å². The van der Waals surface area contributed by atoms with Gasteiger partial charge in [-0.15, -0.1) is 0 Å². The molecule has 0 aromatic carbocycles. The second-order valence-corrected chi connectivity index (χ2v) is 4.62. The third-order valence-corrected chi connectivity index (χ3v) is 2.97. The van der Waals surface area contributed by atoms with Gasteiger partial charge in [0.2, 0.25) is 0 Å². The molecule has 2 rings (SSSR count). The summed E-state index contributed by atoms with van der Waals surface area (Å²) in [5, 5.41) is 4.51. The van der Waals surface area contributed by atoms with Gasteiger partial charge in [-0.3, -0.25) is 4.79 Å². The van der Waals surface area contributed by atoms with Gasteiger partial charge in [-0.25, -0.2) is 9.66 Å². The smallest absolute Gasteiger partial charge is 0.311 e. The van der Waals surface area contributed by atoms with Crippen molar-refractivity contribution in [3.05, 3.63) is 17.7 Å². The number of hydrogen-bond acceptors (Lipinski definition) is 4. The Kier molecular flexibility index (Phi) is 3.79. The van der Waals surface area contributed by atoms with Crippen LogP contribution in [0.5, 0.6) is 0 Å². The molecule has 1 aromatic heterocycles. The number of esters is 1. The molecule has 0 aliphatic heterocycles. The predicted octanol–water partition coefficient (Wildman–Crippen LogP) is 1.93. The lowest BCUT2D eigenvalue weighted by Gasteiger charge is -1.99. The van der Waals surface area contributed by atoms with Crippen LogP contribution in [0.4, 0.5) is 0 Å². The van der Waals surface area contributed by atoms with Gasteiger partial charge in [0.1, 0.15) is 5.82 Å². The molecule has 1 aliphatic carbocycles. The third kappa shape index (κ3) is 3.18. The molecule has 0 unspecified atom stereocenters. The Morgan fingerprint density at radius 2 is 2.33 bits per heavy atom. The van der Waals surface area contributed by atoms with Gasteiger partial charge in [0.05, 0.1) is 24.9 Å². The minimum atomic E-state index is -0.245. The molecule has 0 N–H and O–H groups in total. The number of carbonyl (C=O) groups is 1. The molecule has 98 valence electrons. The number of carbonyl (C=O) groups excluding carboxylic acids is 1. The quantitative estimate of drug-likeness (QED) is 0.592. The number of ether oxygens (including phenoxy) is 1. The first-order valence-corrected chi connectivity index (χ1v) is 6.36. The van der Waals surface area contributed by atoms with E-state index in [0.29, 0.717) is 18.2 Å². The number of hydrogen-bond donors (Lipinski definition) is 0. The molecule has 18 heavy (non-hydrogen) atoms. The minimum absolute atomic E-state index is 0.208. The zero-order valence-electron chi connectivity index (χ0n) is 11.1. The molecular weight excluding hydrogens is 230 g/mol. The SMILES string of the molecule is CCOC(=O)Cc1cn(/N=C(\C)C2CC2)c(C)n1. The van der Waals surface area contributed by atoms with Crippen LogP contribution in [0.2, 0.25) is 0 Å². The average Bonchev–Trinajstić information content (AvgIpc) is 3.07. The van der Waals surface area contributed by atoms with Crippen LogP contribution in [0.1, 0.15) is 38.2 Å². The van der Waals surface area contributed by atoms with Crippen molar-refractivity contribution in [3.8, 4) is 0 Å². The maximum absolute atomic E-state index is 11.4. The van der Waals surface area contributed by atoms with Crippen LogP contribution < -0.4 is 0 Å². The van der Waals surface area contributed by atoms with E-state index in [1.165, 1.54) is 12.8 Å². The van der Waals surface area contributed by atoms with Crippen LogP contribution in [-0.2, 0) is 16.0 Å². The summed E-state index contributed by atoms with van der Waals surface area (Å²) in [6.07, 6.45) is 4.48. The van der Waals surface area contributed by atoms with E-state index in [0.717, 1.165) is 11.5 Å². The lowest BCUT2D eigenvalue weighted by molar-refractivity contribution is -0.142. The molecule has 0 bridgehead atoms. The highest BCUT2D eigenvalue weighted by Gasteiger charge is 2.24. The van der Waals surface area contributed by atoms with Gasteiger partial charge in [-0.05, 0) is 39.5 Å². The van der Waals surface area contributed by atoms with Crippen molar-refractivity contribution in [3.63, 3.8) is 0 Å². The summed E-state index contributed by atoms with van der Waals surface area (Å²) >= 11 is 0. The first kappa shape index (κ1) is 12.8. The Bertz CT molecular complexity index is 473. The average molecular weight is 249 g/mol. The molecule has 0 amide bonds. The van der Waals surface area contributed by atoms with Gasteiger partial charge in [0.25, 0.3) is 0 Å². The Morgan fingerprint density at radius 3 is 2.94 bits per heavy atom. The molecule has 5 nitrogen and oxygen atoms in total. The summed E-state index contributed by atoms with van der Waals surface area (Å²) in [5.41, 5.74) is 1.84. The second kappa shape index (κ2) is 5.33. The molecule has 1 saturated carbocycles. The Balaban J connectivity index is 2.06. The van der Waals surface area contributed by atoms with Crippen molar-refractivity contribution < 1.29 is 9.53 Å². The number of aromatic nitrogens is 2. The highest BCUT2D eigenvalue weighted by molar-refractivity contribution is 5.86. The fraction of sp³-hybridized carbons (Fsp3) is 0.615. The maximum Gasteiger partial charge on any atom is 0.311 e. The summed E-state index contributed by atoms with van der Waals surface area (Å²) in [6, 6.07) is 0. The van der Waals surface area contributed by atoms with Gasteiger partial charge in [0.15, 0.2) is 0 Å². The van der Waals surface area contributed by atoms with E-state index < -0.39 is 0 Å². The maximum atomic E-state index is 11.4. The van der Waals surface area contributed by atoms with E-state index in [1.807, 2.05) is 13.8 Å². The van der Waals surface area contributed by atoms with Gasteiger partial charge in [-0.1, -0.05) is 0 Å². The van der Waals surface area contributed by atoms with Crippen molar-refractivity contribution in [1.82, 2.24) is 9.66 Å². The van der Waals surface area contributed by atoms with Crippen LogP contribution in [0, 0.1) is 12.8 Å². The van der Waals surface area contributed by atoms with Crippen molar-refractivity contribution in [1.29, 1.82) is 0 Å². The molecule has 1 aliphatic rings. The van der Waals surface area contributed by atoms with E-state index in [2.05, 4.69) is 10.1 Å². The van der Waals surface area contributed by atoms with Crippen LogP contribution in [-0.4, -0.2) is 27.9 Å². The first-order valence-electron chi connectivity index (χ1n) is 6.36. The van der Waals surface area contributed by atoms with Gasteiger partial charge in [-0.2, -0.15) is 5.10 Å². The largest absolute Gasteiger partial charge is 0.466 e. The van der Waals surface area contributed by atoms with Crippen LogP contribution in [0.25, 0.3) is 0 Å². The molecule has 0 saturated heterocycles. The molecule has 0 radical (unpaired) electrons.